The van der Waals surface area contributed by atoms with Crippen LogP contribution in [0.15, 0.2) is 91.0 Å². The van der Waals surface area contributed by atoms with Gasteiger partial charge in [-0.05, 0) is 19.1 Å². The Balaban J connectivity index is 1.85. The van der Waals surface area contributed by atoms with Gasteiger partial charge in [-0.25, -0.2) is 4.79 Å². The minimum Gasteiger partial charge on any atom is -0.456 e. The largest absolute Gasteiger partial charge is 0.456 e. The highest BCUT2D eigenvalue weighted by Gasteiger charge is 2.76. The SMILES string of the molecule is CC(=O)OC1O[C@H]([C@H](C)OC(=O)c2ccccc2)[C@](O)(C(=O)c2ccccc2)[C@]1(O)C(=O)c1ccccc1. The Kier molecular flexibility index (Phi) is 7.54. The van der Waals surface area contributed by atoms with E-state index in [0.717, 1.165) is 6.92 Å². The molecule has 1 saturated heterocycles. The van der Waals surface area contributed by atoms with Crippen molar-refractivity contribution in [2.75, 3.05) is 0 Å². The number of ether oxygens (including phenoxy) is 3. The minimum absolute atomic E-state index is 0.0621. The lowest BCUT2D eigenvalue weighted by molar-refractivity contribution is -0.202. The molecular formula is C29H26O9. The third kappa shape index (κ3) is 4.63. The van der Waals surface area contributed by atoms with Crippen LogP contribution in [0.3, 0.4) is 0 Å². The molecule has 4 rings (SSSR count). The molecule has 0 aromatic heterocycles. The van der Waals surface area contributed by atoms with Crippen LogP contribution in [0.2, 0.25) is 0 Å². The number of Topliss-reactive ketones (excluding diaryl/α,β-unsaturated/α-hetero) is 2. The Morgan fingerprint density at radius 1 is 0.737 bits per heavy atom. The summed E-state index contributed by atoms with van der Waals surface area (Å²) in [5.74, 6) is -3.96. The van der Waals surface area contributed by atoms with E-state index in [1.807, 2.05) is 0 Å². The standard InChI is InChI=1S/C29H26O9/c1-18(36-26(33)22-16-10-5-11-17-22)25-28(34,23(31)20-12-6-3-7-13-20)29(35,27(38-25)37-19(2)30)24(32)21-14-8-4-9-15-21/h3-18,25,27,34-35H,1-2H3/t18-,25+,27?,28+,29-/m0/s1. The number of hydrogen-bond donors (Lipinski definition) is 2. The summed E-state index contributed by atoms with van der Waals surface area (Å²) in [6.07, 6.45) is -5.31. The second kappa shape index (κ2) is 10.7. The van der Waals surface area contributed by atoms with Crippen LogP contribution in [-0.4, -0.2) is 63.4 Å². The summed E-state index contributed by atoms with van der Waals surface area (Å²) in [4.78, 5) is 52.4. The number of rotatable bonds is 8. The highest BCUT2D eigenvalue weighted by Crippen LogP contribution is 2.46. The molecular weight excluding hydrogens is 492 g/mol. The van der Waals surface area contributed by atoms with E-state index in [4.69, 9.17) is 14.2 Å². The summed E-state index contributed by atoms with van der Waals surface area (Å²) in [6.45, 7) is 2.35. The first-order valence-electron chi connectivity index (χ1n) is 11.8. The minimum atomic E-state index is -3.11. The molecule has 9 nitrogen and oxygen atoms in total. The van der Waals surface area contributed by atoms with Crippen LogP contribution in [0.1, 0.15) is 44.9 Å². The molecule has 1 heterocycles. The van der Waals surface area contributed by atoms with E-state index in [0.29, 0.717) is 0 Å². The predicted octanol–water partition coefficient (Wildman–Crippen LogP) is 2.75. The highest BCUT2D eigenvalue weighted by atomic mass is 16.7. The summed E-state index contributed by atoms with van der Waals surface area (Å²) in [6, 6.07) is 22.8. The van der Waals surface area contributed by atoms with Crippen molar-refractivity contribution >= 4 is 23.5 Å². The first-order chi connectivity index (χ1) is 18.1. The average Bonchev–Trinajstić information content (AvgIpc) is 3.16. The molecule has 0 radical (unpaired) electrons. The lowest BCUT2D eigenvalue weighted by Crippen LogP contribution is -2.69. The Morgan fingerprint density at radius 3 is 1.61 bits per heavy atom. The maximum Gasteiger partial charge on any atom is 0.338 e. The summed E-state index contributed by atoms with van der Waals surface area (Å²) in [5.41, 5.74) is -6.11. The van der Waals surface area contributed by atoms with Crippen LogP contribution in [0, 0.1) is 0 Å². The van der Waals surface area contributed by atoms with Crippen LogP contribution in [0.5, 0.6) is 0 Å². The zero-order valence-corrected chi connectivity index (χ0v) is 20.6. The molecule has 0 amide bonds. The number of aliphatic hydroxyl groups is 2. The van der Waals surface area contributed by atoms with Crippen molar-refractivity contribution < 1.29 is 43.6 Å². The van der Waals surface area contributed by atoms with Crippen LogP contribution in [0.4, 0.5) is 0 Å². The van der Waals surface area contributed by atoms with Gasteiger partial charge >= 0.3 is 11.9 Å². The fourth-order valence-electron chi connectivity index (χ4n) is 4.52. The maximum absolute atomic E-state index is 13.9. The topological polar surface area (TPSA) is 136 Å². The van der Waals surface area contributed by atoms with Gasteiger partial charge in [0.1, 0.15) is 12.2 Å². The zero-order chi connectivity index (χ0) is 27.5. The molecule has 0 bridgehead atoms. The number of esters is 2. The third-order valence-electron chi connectivity index (χ3n) is 6.37. The van der Waals surface area contributed by atoms with Crippen molar-refractivity contribution in [3.8, 4) is 0 Å². The van der Waals surface area contributed by atoms with E-state index >= 15 is 0 Å². The lowest BCUT2D eigenvalue weighted by Gasteiger charge is -2.38. The van der Waals surface area contributed by atoms with Crippen molar-refractivity contribution in [2.45, 2.75) is 43.5 Å². The molecule has 3 aromatic carbocycles. The van der Waals surface area contributed by atoms with Gasteiger partial charge in [-0.15, -0.1) is 0 Å². The van der Waals surface area contributed by atoms with Gasteiger partial charge in [0.05, 0.1) is 5.56 Å². The van der Waals surface area contributed by atoms with Crippen LogP contribution in [-0.2, 0) is 19.0 Å². The van der Waals surface area contributed by atoms with Crippen molar-refractivity contribution in [1.29, 1.82) is 0 Å². The fraction of sp³-hybridized carbons (Fsp3) is 0.241. The van der Waals surface area contributed by atoms with Crippen LogP contribution in [0.25, 0.3) is 0 Å². The monoisotopic (exact) mass is 518 g/mol. The molecule has 9 heteroatoms. The van der Waals surface area contributed by atoms with E-state index in [-0.39, 0.29) is 16.7 Å². The van der Waals surface area contributed by atoms with Gasteiger partial charge in [0.2, 0.25) is 23.5 Å². The van der Waals surface area contributed by atoms with Gasteiger partial charge in [-0.2, -0.15) is 0 Å². The van der Waals surface area contributed by atoms with E-state index in [2.05, 4.69) is 0 Å². The third-order valence-corrected chi connectivity index (χ3v) is 6.37. The molecule has 1 aliphatic heterocycles. The molecule has 196 valence electrons. The van der Waals surface area contributed by atoms with Gasteiger partial charge in [0, 0.05) is 18.1 Å². The molecule has 38 heavy (non-hydrogen) atoms. The summed E-state index contributed by atoms with van der Waals surface area (Å²) >= 11 is 0. The normalized spacial score (nSPS) is 25.3. The van der Waals surface area contributed by atoms with Gasteiger partial charge in [0.15, 0.2) is 5.60 Å². The molecule has 0 aliphatic carbocycles. The number of benzene rings is 3. The maximum atomic E-state index is 13.9. The molecule has 3 aromatic rings. The molecule has 2 N–H and O–H groups in total. The molecule has 0 saturated carbocycles. The molecule has 1 fully saturated rings. The summed E-state index contributed by atoms with van der Waals surface area (Å²) in [5, 5.41) is 24.1. The second-order valence-corrected chi connectivity index (χ2v) is 8.90. The van der Waals surface area contributed by atoms with Crippen LogP contribution >= 0.6 is 0 Å². The average molecular weight is 519 g/mol. The Morgan fingerprint density at radius 2 is 1.16 bits per heavy atom. The summed E-state index contributed by atoms with van der Waals surface area (Å²) < 4.78 is 16.4. The second-order valence-electron chi connectivity index (χ2n) is 8.90. The molecule has 1 unspecified atom stereocenters. The van der Waals surface area contributed by atoms with Gasteiger partial charge in [0.25, 0.3) is 0 Å². The van der Waals surface area contributed by atoms with Crippen molar-refractivity contribution in [3.63, 3.8) is 0 Å². The number of hydrogen-bond acceptors (Lipinski definition) is 9. The fourth-order valence-corrected chi connectivity index (χ4v) is 4.52. The Bertz CT molecular complexity index is 1330. The zero-order valence-electron chi connectivity index (χ0n) is 20.6. The summed E-state index contributed by atoms with van der Waals surface area (Å²) in [7, 11) is 0. The quantitative estimate of drug-likeness (QED) is 0.341. The van der Waals surface area contributed by atoms with E-state index in [1.165, 1.54) is 67.6 Å². The van der Waals surface area contributed by atoms with Crippen molar-refractivity contribution in [3.05, 3.63) is 108 Å². The van der Waals surface area contributed by atoms with Crippen LogP contribution < -0.4 is 0 Å². The first-order valence-corrected chi connectivity index (χ1v) is 11.8. The number of ketones is 2. The molecule has 5 atom stereocenters. The first kappa shape index (κ1) is 26.9. The van der Waals surface area contributed by atoms with Crippen molar-refractivity contribution in [1.82, 2.24) is 0 Å². The smallest absolute Gasteiger partial charge is 0.338 e. The Hall–Kier alpha value is -4.18. The van der Waals surface area contributed by atoms with Gasteiger partial charge in [-0.3, -0.25) is 14.4 Å². The molecule has 0 spiro atoms. The lowest BCUT2D eigenvalue weighted by atomic mass is 9.70. The van der Waals surface area contributed by atoms with E-state index < -0.39 is 53.2 Å². The highest BCUT2D eigenvalue weighted by molar-refractivity contribution is 6.13. The van der Waals surface area contributed by atoms with Crippen molar-refractivity contribution in [2.24, 2.45) is 0 Å². The van der Waals surface area contributed by atoms with Gasteiger partial charge in [-0.1, -0.05) is 78.9 Å². The van der Waals surface area contributed by atoms with Gasteiger partial charge < -0.3 is 24.4 Å². The number of carbonyl (C=O) groups is 4. The molecule has 1 aliphatic rings. The number of carbonyl (C=O) groups excluding carboxylic acids is 4. The predicted molar refractivity (Wildman–Crippen MR) is 133 cm³/mol. The van der Waals surface area contributed by atoms with E-state index in [9.17, 15) is 29.4 Å². The van der Waals surface area contributed by atoms with E-state index in [1.54, 1.807) is 30.3 Å². The Labute approximate surface area is 218 Å².